The van der Waals surface area contributed by atoms with Crippen molar-refractivity contribution in [2.24, 2.45) is 5.73 Å². The molecule has 0 aliphatic heterocycles. The number of nitrogens with two attached hydrogens (primary N) is 1. The van der Waals surface area contributed by atoms with Crippen molar-refractivity contribution in [3.05, 3.63) is 33.0 Å². The average molecular weight is 293 g/mol. The minimum absolute atomic E-state index is 0.0118. The third kappa shape index (κ3) is 2.71. The molecule has 4 heteroatoms. The van der Waals surface area contributed by atoms with Crippen LogP contribution in [-0.2, 0) is 6.42 Å². The maximum Gasteiger partial charge on any atom is 0.143 e. The van der Waals surface area contributed by atoms with Crippen LogP contribution in [0, 0.1) is 5.82 Å². The fourth-order valence-corrected chi connectivity index (χ4v) is 2.27. The first kappa shape index (κ1) is 11.4. The highest BCUT2D eigenvalue weighted by Gasteiger charge is 2.37. The van der Waals surface area contributed by atoms with Crippen LogP contribution in [0.15, 0.2) is 16.6 Å². The van der Waals surface area contributed by atoms with Gasteiger partial charge < -0.3 is 5.73 Å². The van der Waals surface area contributed by atoms with Gasteiger partial charge in [0.25, 0.3) is 0 Å². The van der Waals surface area contributed by atoms with Gasteiger partial charge in [-0.05, 0) is 43.4 Å². The van der Waals surface area contributed by atoms with Gasteiger partial charge in [-0.15, -0.1) is 0 Å². The van der Waals surface area contributed by atoms with Gasteiger partial charge in [0.1, 0.15) is 5.82 Å². The Kier molecular flexibility index (Phi) is 3.06. The van der Waals surface area contributed by atoms with Gasteiger partial charge in [-0.2, -0.15) is 0 Å². The van der Waals surface area contributed by atoms with E-state index in [0.717, 1.165) is 35.7 Å². The summed E-state index contributed by atoms with van der Waals surface area (Å²) >= 11 is 9.13. The van der Waals surface area contributed by atoms with Gasteiger partial charge >= 0.3 is 0 Å². The summed E-state index contributed by atoms with van der Waals surface area (Å²) < 4.78 is 14.0. The normalized spacial score (nSPS) is 17.9. The third-order valence-electron chi connectivity index (χ3n) is 2.85. The fourth-order valence-electron chi connectivity index (χ4n) is 1.59. The number of benzene rings is 1. The summed E-state index contributed by atoms with van der Waals surface area (Å²) in [5.74, 6) is -0.372. The second-order valence-corrected chi connectivity index (χ2v) is 5.52. The van der Waals surface area contributed by atoms with Crippen molar-refractivity contribution in [2.75, 3.05) is 0 Å². The highest BCUT2D eigenvalue weighted by Crippen LogP contribution is 2.37. The minimum atomic E-state index is -0.372. The Bertz CT molecular complexity index is 390. The summed E-state index contributed by atoms with van der Waals surface area (Å²) in [4.78, 5) is 0. The fraction of sp³-hybridized carbons (Fsp3) is 0.455. The lowest BCUT2D eigenvalue weighted by molar-refractivity contribution is 0.599. The number of halogens is 3. The zero-order chi connectivity index (χ0) is 11.1. The molecule has 0 atom stereocenters. The second kappa shape index (κ2) is 4.04. The van der Waals surface area contributed by atoms with Crippen LogP contribution in [0.2, 0.25) is 5.02 Å². The van der Waals surface area contributed by atoms with Crippen LogP contribution in [0.3, 0.4) is 0 Å². The molecule has 1 aliphatic rings. The SMILES string of the molecule is NC1(CCc2cc(Br)cc(F)c2Cl)CC1. The van der Waals surface area contributed by atoms with Crippen LogP contribution < -0.4 is 5.73 Å². The molecule has 1 aromatic rings. The minimum Gasteiger partial charge on any atom is -0.325 e. The van der Waals surface area contributed by atoms with E-state index in [1.54, 1.807) is 0 Å². The van der Waals surface area contributed by atoms with Gasteiger partial charge in [0.2, 0.25) is 0 Å². The molecule has 1 nitrogen and oxygen atoms in total. The van der Waals surface area contributed by atoms with Crippen molar-refractivity contribution < 1.29 is 4.39 Å². The molecule has 0 unspecified atom stereocenters. The monoisotopic (exact) mass is 291 g/mol. The molecule has 0 radical (unpaired) electrons. The largest absolute Gasteiger partial charge is 0.325 e. The molecule has 2 N–H and O–H groups in total. The molecule has 0 bridgehead atoms. The van der Waals surface area contributed by atoms with Gasteiger partial charge in [0.05, 0.1) is 5.02 Å². The number of rotatable bonds is 3. The van der Waals surface area contributed by atoms with Gasteiger partial charge in [-0.1, -0.05) is 27.5 Å². The quantitative estimate of drug-likeness (QED) is 0.845. The number of aryl methyl sites for hydroxylation is 1. The second-order valence-electron chi connectivity index (χ2n) is 4.22. The predicted octanol–water partition coefficient (Wildman–Crippen LogP) is 3.67. The smallest absolute Gasteiger partial charge is 0.143 e. The Labute approximate surface area is 102 Å². The number of hydrogen-bond donors (Lipinski definition) is 1. The standard InChI is InChI=1S/C11H12BrClFN/c12-8-5-7(10(13)9(14)6-8)1-2-11(15)3-4-11/h5-6H,1-4,15H2. The topological polar surface area (TPSA) is 26.0 Å². The van der Waals surface area contributed by atoms with Crippen molar-refractivity contribution in [1.29, 1.82) is 0 Å². The molecule has 0 heterocycles. The van der Waals surface area contributed by atoms with Crippen LogP contribution in [0.5, 0.6) is 0 Å². The first-order chi connectivity index (χ1) is 7.00. The molecular weight excluding hydrogens is 280 g/mol. The molecule has 82 valence electrons. The van der Waals surface area contributed by atoms with Crippen molar-refractivity contribution >= 4 is 27.5 Å². The number of hydrogen-bond acceptors (Lipinski definition) is 1. The highest BCUT2D eigenvalue weighted by molar-refractivity contribution is 9.10. The molecule has 0 spiro atoms. The molecule has 0 aromatic heterocycles. The summed E-state index contributed by atoms with van der Waals surface area (Å²) in [6, 6.07) is 3.23. The van der Waals surface area contributed by atoms with Crippen molar-refractivity contribution in [2.45, 2.75) is 31.2 Å². The lowest BCUT2D eigenvalue weighted by atomic mass is 10.0. The third-order valence-corrected chi connectivity index (χ3v) is 3.73. The maximum atomic E-state index is 13.3. The van der Waals surface area contributed by atoms with Gasteiger partial charge in [0, 0.05) is 10.0 Å². The molecule has 1 aliphatic carbocycles. The van der Waals surface area contributed by atoms with Gasteiger partial charge in [0.15, 0.2) is 0 Å². The van der Waals surface area contributed by atoms with Crippen LogP contribution >= 0.6 is 27.5 Å². The molecule has 1 fully saturated rings. The molecule has 0 amide bonds. The zero-order valence-corrected chi connectivity index (χ0v) is 10.5. The molecule has 2 rings (SSSR count). The van der Waals surface area contributed by atoms with E-state index in [1.165, 1.54) is 6.07 Å². The van der Waals surface area contributed by atoms with Crippen molar-refractivity contribution in [3.8, 4) is 0 Å². The highest BCUT2D eigenvalue weighted by atomic mass is 79.9. The van der Waals surface area contributed by atoms with E-state index >= 15 is 0 Å². The molecule has 0 saturated heterocycles. The average Bonchev–Trinajstić information content (AvgIpc) is 2.88. The van der Waals surface area contributed by atoms with Gasteiger partial charge in [-0.25, -0.2) is 4.39 Å². The van der Waals surface area contributed by atoms with E-state index < -0.39 is 0 Å². The Morgan fingerprint density at radius 2 is 2.13 bits per heavy atom. The van der Waals surface area contributed by atoms with Crippen molar-refractivity contribution in [1.82, 2.24) is 0 Å². The Morgan fingerprint density at radius 1 is 1.47 bits per heavy atom. The van der Waals surface area contributed by atoms with E-state index in [0.29, 0.717) is 0 Å². The molecular formula is C11H12BrClFN. The lowest BCUT2D eigenvalue weighted by Gasteiger charge is -2.10. The lowest BCUT2D eigenvalue weighted by Crippen LogP contribution is -2.22. The van der Waals surface area contributed by atoms with Crippen LogP contribution in [0.1, 0.15) is 24.8 Å². The summed E-state index contributed by atoms with van der Waals surface area (Å²) in [6.07, 6.45) is 3.76. The van der Waals surface area contributed by atoms with Crippen LogP contribution in [-0.4, -0.2) is 5.54 Å². The van der Waals surface area contributed by atoms with Crippen LogP contribution in [0.4, 0.5) is 4.39 Å². The molecule has 1 aromatic carbocycles. The first-order valence-electron chi connectivity index (χ1n) is 4.92. The predicted molar refractivity (Wildman–Crippen MR) is 63.6 cm³/mol. The summed E-state index contributed by atoms with van der Waals surface area (Å²) in [6.45, 7) is 0. The first-order valence-corrected chi connectivity index (χ1v) is 6.10. The van der Waals surface area contributed by atoms with E-state index in [1.807, 2.05) is 6.07 Å². The van der Waals surface area contributed by atoms with Gasteiger partial charge in [-0.3, -0.25) is 0 Å². The van der Waals surface area contributed by atoms with E-state index in [9.17, 15) is 4.39 Å². The Hall–Kier alpha value is -0.120. The van der Waals surface area contributed by atoms with Crippen LogP contribution in [0.25, 0.3) is 0 Å². The van der Waals surface area contributed by atoms with E-state index in [-0.39, 0.29) is 16.4 Å². The Balaban J connectivity index is 2.13. The summed E-state index contributed by atoms with van der Waals surface area (Å²) in [5, 5.41) is 0.224. The maximum absolute atomic E-state index is 13.3. The molecule has 1 saturated carbocycles. The zero-order valence-electron chi connectivity index (χ0n) is 8.19. The molecule has 15 heavy (non-hydrogen) atoms. The van der Waals surface area contributed by atoms with E-state index in [2.05, 4.69) is 15.9 Å². The Morgan fingerprint density at radius 3 is 2.73 bits per heavy atom. The summed E-state index contributed by atoms with van der Waals surface area (Å²) in [5.41, 5.74) is 6.79. The van der Waals surface area contributed by atoms with Crippen molar-refractivity contribution in [3.63, 3.8) is 0 Å². The van der Waals surface area contributed by atoms with E-state index in [4.69, 9.17) is 17.3 Å². The summed E-state index contributed by atoms with van der Waals surface area (Å²) in [7, 11) is 0.